The first kappa shape index (κ1) is 10.4. The number of alkyl halides is 3. The van der Waals surface area contributed by atoms with Crippen LogP contribution in [0.3, 0.4) is 0 Å². The summed E-state index contributed by atoms with van der Waals surface area (Å²) >= 11 is 0. The smallest absolute Gasteiger partial charge is 0.383 e. The molecular formula is C8H5F3N4O. The highest BCUT2D eigenvalue weighted by atomic mass is 19.4. The molecule has 0 fully saturated rings. The summed E-state index contributed by atoms with van der Waals surface area (Å²) in [6.45, 7) is 0. The maximum absolute atomic E-state index is 12.2. The van der Waals surface area contributed by atoms with Gasteiger partial charge in [0.15, 0.2) is 0 Å². The molecule has 0 aromatic carbocycles. The number of hydrogen-bond acceptors (Lipinski definition) is 5. The van der Waals surface area contributed by atoms with Gasteiger partial charge in [-0.25, -0.2) is 4.98 Å². The Hall–Kier alpha value is -2.12. The highest BCUT2D eigenvalue weighted by Gasteiger charge is 2.38. The van der Waals surface area contributed by atoms with Crippen molar-refractivity contribution in [3.8, 4) is 11.4 Å². The standard InChI is InChI=1S/C8H5F3N4O/c9-8(10,11)7-14-6(15-16-7)4-2-1-3-13-5(4)12/h1-3H,(H2,12,13). The van der Waals surface area contributed by atoms with Crippen LogP contribution in [0.4, 0.5) is 19.0 Å². The molecule has 16 heavy (non-hydrogen) atoms. The molecule has 2 N–H and O–H groups in total. The number of pyridine rings is 1. The van der Waals surface area contributed by atoms with Crippen molar-refractivity contribution in [2.24, 2.45) is 0 Å². The van der Waals surface area contributed by atoms with Gasteiger partial charge in [0.1, 0.15) is 5.82 Å². The van der Waals surface area contributed by atoms with E-state index >= 15 is 0 Å². The Bertz CT molecular complexity index is 508. The number of halogens is 3. The topological polar surface area (TPSA) is 77.8 Å². The van der Waals surface area contributed by atoms with Gasteiger partial charge in [0.25, 0.3) is 0 Å². The molecule has 2 aromatic rings. The zero-order valence-electron chi connectivity index (χ0n) is 7.69. The summed E-state index contributed by atoms with van der Waals surface area (Å²) in [6, 6.07) is 2.96. The normalized spacial score (nSPS) is 11.7. The lowest BCUT2D eigenvalue weighted by Crippen LogP contribution is -2.05. The molecule has 0 unspecified atom stereocenters. The van der Waals surface area contributed by atoms with Gasteiger partial charge >= 0.3 is 12.1 Å². The van der Waals surface area contributed by atoms with Gasteiger partial charge in [0, 0.05) is 6.20 Å². The molecule has 5 nitrogen and oxygen atoms in total. The van der Waals surface area contributed by atoms with E-state index in [1.807, 2.05) is 0 Å². The predicted molar refractivity (Wildman–Crippen MR) is 46.9 cm³/mol. The number of hydrogen-bond donors (Lipinski definition) is 1. The fourth-order valence-corrected chi connectivity index (χ4v) is 1.05. The summed E-state index contributed by atoms with van der Waals surface area (Å²) < 4.78 is 40.6. The number of aromatic nitrogens is 3. The molecule has 84 valence electrons. The van der Waals surface area contributed by atoms with Crippen molar-refractivity contribution in [1.82, 2.24) is 15.1 Å². The van der Waals surface area contributed by atoms with Crippen LogP contribution >= 0.6 is 0 Å². The number of rotatable bonds is 1. The quantitative estimate of drug-likeness (QED) is 0.807. The van der Waals surface area contributed by atoms with E-state index in [9.17, 15) is 13.2 Å². The number of nitrogen functional groups attached to an aromatic ring is 1. The van der Waals surface area contributed by atoms with Crippen LogP contribution in [0.5, 0.6) is 0 Å². The summed E-state index contributed by atoms with van der Waals surface area (Å²) in [5.74, 6) is -1.61. The van der Waals surface area contributed by atoms with Gasteiger partial charge in [-0.1, -0.05) is 5.16 Å². The fourth-order valence-electron chi connectivity index (χ4n) is 1.05. The van der Waals surface area contributed by atoms with Crippen LogP contribution in [0.25, 0.3) is 11.4 Å². The van der Waals surface area contributed by atoms with Crippen molar-refractivity contribution in [2.75, 3.05) is 5.73 Å². The van der Waals surface area contributed by atoms with E-state index < -0.39 is 12.1 Å². The Labute approximate surface area is 87.1 Å². The van der Waals surface area contributed by atoms with Gasteiger partial charge < -0.3 is 10.3 Å². The molecule has 0 spiro atoms. The lowest BCUT2D eigenvalue weighted by atomic mass is 10.2. The van der Waals surface area contributed by atoms with E-state index in [1.165, 1.54) is 18.3 Å². The van der Waals surface area contributed by atoms with E-state index in [2.05, 4.69) is 19.6 Å². The minimum absolute atomic E-state index is 0.0389. The molecule has 0 saturated carbocycles. The summed E-state index contributed by atoms with van der Waals surface area (Å²) in [6.07, 6.45) is -3.26. The maximum atomic E-state index is 12.2. The first-order valence-corrected chi connectivity index (χ1v) is 4.10. The Balaban J connectivity index is 2.44. The Morgan fingerprint density at radius 1 is 1.31 bits per heavy atom. The van der Waals surface area contributed by atoms with Crippen molar-refractivity contribution >= 4 is 5.82 Å². The highest BCUT2D eigenvalue weighted by Crippen LogP contribution is 2.30. The van der Waals surface area contributed by atoms with Gasteiger partial charge in [-0.05, 0) is 12.1 Å². The van der Waals surface area contributed by atoms with Gasteiger partial charge in [-0.3, -0.25) is 0 Å². The molecular weight excluding hydrogens is 225 g/mol. The van der Waals surface area contributed by atoms with Gasteiger partial charge in [0.2, 0.25) is 5.82 Å². The number of anilines is 1. The molecule has 0 amide bonds. The maximum Gasteiger partial charge on any atom is 0.471 e. The highest BCUT2D eigenvalue weighted by molar-refractivity contribution is 5.67. The third kappa shape index (κ3) is 1.81. The second-order valence-corrected chi connectivity index (χ2v) is 2.86. The fraction of sp³-hybridized carbons (Fsp3) is 0.125. The molecule has 8 heteroatoms. The van der Waals surface area contributed by atoms with Crippen LogP contribution in [0.15, 0.2) is 22.9 Å². The van der Waals surface area contributed by atoms with E-state index in [1.54, 1.807) is 0 Å². The minimum Gasteiger partial charge on any atom is -0.383 e. The summed E-state index contributed by atoms with van der Waals surface area (Å²) in [7, 11) is 0. The minimum atomic E-state index is -4.66. The van der Waals surface area contributed by atoms with Crippen LogP contribution in [0, 0.1) is 0 Å². The average molecular weight is 230 g/mol. The first-order valence-electron chi connectivity index (χ1n) is 4.10. The van der Waals surface area contributed by atoms with Crippen LogP contribution < -0.4 is 5.73 Å². The molecule has 0 aliphatic heterocycles. The molecule has 0 radical (unpaired) electrons. The van der Waals surface area contributed by atoms with Crippen molar-refractivity contribution in [3.05, 3.63) is 24.2 Å². The zero-order chi connectivity index (χ0) is 11.8. The Morgan fingerprint density at radius 2 is 2.06 bits per heavy atom. The van der Waals surface area contributed by atoms with E-state index in [-0.39, 0.29) is 17.2 Å². The molecule has 0 atom stereocenters. The lowest BCUT2D eigenvalue weighted by Gasteiger charge is -1.98. The van der Waals surface area contributed by atoms with Gasteiger partial charge in [0.05, 0.1) is 5.56 Å². The van der Waals surface area contributed by atoms with E-state index in [0.29, 0.717) is 0 Å². The summed E-state index contributed by atoms with van der Waals surface area (Å²) in [5, 5.41) is 3.19. The van der Waals surface area contributed by atoms with Crippen LogP contribution in [-0.2, 0) is 6.18 Å². The third-order valence-corrected chi connectivity index (χ3v) is 1.75. The average Bonchev–Trinajstić information content (AvgIpc) is 2.66. The van der Waals surface area contributed by atoms with Crippen molar-refractivity contribution in [2.45, 2.75) is 6.18 Å². The second kappa shape index (κ2) is 3.47. The Kier molecular flexibility index (Phi) is 2.26. The van der Waals surface area contributed by atoms with Gasteiger partial charge in [-0.15, -0.1) is 0 Å². The largest absolute Gasteiger partial charge is 0.471 e. The van der Waals surface area contributed by atoms with Crippen molar-refractivity contribution in [3.63, 3.8) is 0 Å². The van der Waals surface area contributed by atoms with Crippen LogP contribution in [-0.4, -0.2) is 15.1 Å². The number of nitrogens with two attached hydrogens (primary N) is 1. The molecule has 0 bridgehead atoms. The SMILES string of the molecule is Nc1ncccc1-c1noc(C(F)(F)F)n1. The monoisotopic (exact) mass is 230 g/mol. The van der Waals surface area contributed by atoms with E-state index in [4.69, 9.17) is 5.73 Å². The van der Waals surface area contributed by atoms with Crippen LogP contribution in [0.2, 0.25) is 0 Å². The van der Waals surface area contributed by atoms with Crippen molar-refractivity contribution in [1.29, 1.82) is 0 Å². The second-order valence-electron chi connectivity index (χ2n) is 2.86. The van der Waals surface area contributed by atoms with Gasteiger partial charge in [-0.2, -0.15) is 18.2 Å². The molecule has 2 heterocycles. The van der Waals surface area contributed by atoms with E-state index in [0.717, 1.165) is 0 Å². The Morgan fingerprint density at radius 3 is 2.62 bits per heavy atom. The van der Waals surface area contributed by atoms with Crippen LogP contribution in [0.1, 0.15) is 5.89 Å². The molecule has 2 rings (SSSR count). The third-order valence-electron chi connectivity index (χ3n) is 1.75. The summed E-state index contributed by atoms with van der Waals surface area (Å²) in [5.41, 5.74) is 5.65. The molecule has 2 aromatic heterocycles. The lowest BCUT2D eigenvalue weighted by molar-refractivity contribution is -0.159. The summed E-state index contributed by atoms with van der Waals surface area (Å²) in [4.78, 5) is 6.89. The number of nitrogens with zero attached hydrogens (tertiary/aromatic N) is 3. The predicted octanol–water partition coefficient (Wildman–Crippen LogP) is 1.73. The first-order chi connectivity index (χ1) is 7.48. The molecule has 0 saturated heterocycles. The molecule has 0 aliphatic rings. The molecule has 0 aliphatic carbocycles. The van der Waals surface area contributed by atoms with Crippen molar-refractivity contribution < 1.29 is 17.7 Å². The zero-order valence-corrected chi connectivity index (χ0v) is 7.69.